The lowest BCUT2D eigenvalue weighted by Crippen LogP contribution is -3.00. The van der Waals surface area contributed by atoms with Crippen molar-refractivity contribution in [3.8, 4) is 0 Å². The lowest BCUT2D eigenvalue weighted by atomic mass is 9.97. The zero-order valence-electron chi connectivity index (χ0n) is 20.4. The minimum atomic E-state index is -0.257. The Labute approximate surface area is 214 Å². The van der Waals surface area contributed by atoms with Gasteiger partial charge in [-0.2, -0.15) is 0 Å². The molecule has 4 rings (SSSR count). The van der Waals surface area contributed by atoms with E-state index in [2.05, 4.69) is 43.3 Å². The first-order valence-electron chi connectivity index (χ1n) is 12.2. The Bertz CT molecular complexity index is 956. The average Bonchev–Trinajstić information content (AvgIpc) is 3.29. The first-order valence-corrected chi connectivity index (χ1v) is 12.2. The molecule has 0 saturated heterocycles. The van der Waals surface area contributed by atoms with E-state index in [4.69, 9.17) is 13.9 Å². The number of halogens is 1. The van der Waals surface area contributed by atoms with Crippen LogP contribution in [0.4, 0.5) is 0 Å². The van der Waals surface area contributed by atoms with E-state index in [-0.39, 0.29) is 29.2 Å². The van der Waals surface area contributed by atoms with Gasteiger partial charge in [-0.1, -0.05) is 79.9 Å². The summed E-state index contributed by atoms with van der Waals surface area (Å²) >= 11 is 0. The zero-order valence-corrected chi connectivity index (χ0v) is 22.0. The Morgan fingerprint density at radius 1 is 0.971 bits per heavy atom. The van der Waals surface area contributed by atoms with Crippen LogP contribution < -0.4 is 17.0 Å². The highest BCUT2D eigenvalue weighted by atomic mass is 79.9. The number of ether oxygens (including phenoxy) is 2. The first kappa shape index (κ1) is 26.6. The van der Waals surface area contributed by atoms with Gasteiger partial charge in [-0.05, 0) is 24.0 Å². The third-order valence-electron chi connectivity index (χ3n) is 6.32. The van der Waals surface area contributed by atoms with Crippen molar-refractivity contribution in [1.29, 1.82) is 0 Å². The molecule has 1 fully saturated rings. The van der Waals surface area contributed by atoms with E-state index in [1.807, 2.05) is 42.6 Å². The maximum atomic E-state index is 6.55. The Hall–Kier alpha value is -1.99. The molecule has 0 radical (unpaired) electrons. The highest BCUT2D eigenvalue weighted by Gasteiger charge is 2.27. The Morgan fingerprint density at radius 2 is 1.65 bits per heavy atom. The Balaban J connectivity index is 0.00000324. The normalized spacial score (nSPS) is 15.6. The Kier molecular flexibility index (Phi) is 10.3. The van der Waals surface area contributed by atoms with Gasteiger partial charge >= 0.3 is 0 Å². The van der Waals surface area contributed by atoms with Crippen LogP contribution in [-0.4, -0.2) is 42.8 Å². The number of oxazole rings is 1. The van der Waals surface area contributed by atoms with Crippen LogP contribution >= 0.6 is 0 Å². The van der Waals surface area contributed by atoms with E-state index in [1.165, 1.54) is 24.8 Å². The van der Waals surface area contributed by atoms with Crippen molar-refractivity contribution in [2.24, 2.45) is 0 Å². The van der Waals surface area contributed by atoms with E-state index in [1.54, 1.807) is 0 Å². The van der Waals surface area contributed by atoms with Gasteiger partial charge in [-0.15, -0.1) is 0 Å². The van der Waals surface area contributed by atoms with Gasteiger partial charge in [0.05, 0.1) is 39.6 Å². The van der Waals surface area contributed by atoms with Crippen LogP contribution in [0.25, 0.3) is 0 Å². The first-order chi connectivity index (χ1) is 16.1. The summed E-state index contributed by atoms with van der Waals surface area (Å²) in [6.45, 7) is 2.99. The molecule has 0 amide bonds. The SMILES string of the molecule is C[N+](C)(CCOCc1ccccc1)Cc1cnc([C@H](OC2CCCCC2)c2ccccc2)o1.[Br-]. The topological polar surface area (TPSA) is 44.5 Å². The summed E-state index contributed by atoms with van der Waals surface area (Å²) in [6.07, 6.45) is 7.89. The number of aromatic nitrogens is 1. The number of hydrogen-bond donors (Lipinski definition) is 0. The van der Waals surface area contributed by atoms with Gasteiger partial charge in [0, 0.05) is 0 Å². The molecule has 1 atom stereocenters. The summed E-state index contributed by atoms with van der Waals surface area (Å²) in [7, 11) is 4.39. The van der Waals surface area contributed by atoms with Crippen LogP contribution in [0, 0.1) is 0 Å². The summed E-state index contributed by atoms with van der Waals surface area (Å²) in [6, 6.07) is 20.6. The van der Waals surface area contributed by atoms with Crippen molar-refractivity contribution < 1.29 is 35.4 Å². The van der Waals surface area contributed by atoms with E-state index in [9.17, 15) is 0 Å². The quantitative estimate of drug-likeness (QED) is 0.283. The molecule has 1 saturated carbocycles. The molecule has 6 heteroatoms. The van der Waals surface area contributed by atoms with Crippen molar-refractivity contribution in [3.63, 3.8) is 0 Å². The number of likely N-dealkylation sites (N-methyl/N-ethyl adjacent to an activating group) is 1. The minimum absolute atomic E-state index is 0. The fourth-order valence-corrected chi connectivity index (χ4v) is 4.39. The molecule has 1 aromatic heterocycles. The van der Waals surface area contributed by atoms with Crippen molar-refractivity contribution >= 4 is 0 Å². The largest absolute Gasteiger partial charge is 1.00 e. The van der Waals surface area contributed by atoms with Gasteiger partial charge in [0.1, 0.15) is 13.1 Å². The van der Waals surface area contributed by atoms with Crippen molar-refractivity contribution in [2.45, 2.75) is 57.5 Å². The molecule has 3 aromatic rings. The second-order valence-electron chi connectivity index (χ2n) is 9.71. The molecule has 0 N–H and O–H groups in total. The predicted octanol–water partition coefficient (Wildman–Crippen LogP) is 2.91. The molecule has 0 aliphatic heterocycles. The third kappa shape index (κ3) is 8.05. The van der Waals surface area contributed by atoms with Crippen molar-refractivity contribution in [1.82, 2.24) is 4.98 Å². The van der Waals surface area contributed by atoms with Crippen LogP contribution in [0.2, 0.25) is 0 Å². The van der Waals surface area contributed by atoms with Crippen LogP contribution in [0.15, 0.2) is 71.3 Å². The molecule has 34 heavy (non-hydrogen) atoms. The van der Waals surface area contributed by atoms with Crippen LogP contribution in [0.1, 0.15) is 61.0 Å². The van der Waals surface area contributed by atoms with Crippen LogP contribution in [0.5, 0.6) is 0 Å². The molecular weight excluding hydrogens is 492 g/mol. The summed E-state index contributed by atoms with van der Waals surface area (Å²) in [5.41, 5.74) is 2.30. The van der Waals surface area contributed by atoms with Gasteiger partial charge in [0.25, 0.3) is 0 Å². The number of benzene rings is 2. The molecule has 1 aliphatic carbocycles. The molecule has 2 aromatic carbocycles. The van der Waals surface area contributed by atoms with E-state index >= 15 is 0 Å². The van der Waals surface area contributed by atoms with Gasteiger partial charge in [-0.3, -0.25) is 0 Å². The van der Waals surface area contributed by atoms with Gasteiger partial charge in [0.15, 0.2) is 11.9 Å². The Morgan fingerprint density at radius 3 is 2.35 bits per heavy atom. The predicted molar refractivity (Wildman–Crippen MR) is 130 cm³/mol. The smallest absolute Gasteiger partial charge is 0.228 e. The lowest BCUT2D eigenvalue weighted by Gasteiger charge is -2.28. The fraction of sp³-hybridized carbons (Fsp3) is 0.464. The van der Waals surface area contributed by atoms with Crippen LogP contribution in [-0.2, 0) is 22.6 Å². The molecule has 5 nitrogen and oxygen atoms in total. The average molecular weight is 530 g/mol. The number of hydrogen-bond acceptors (Lipinski definition) is 4. The van der Waals surface area contributed by atoms with Gasteiger partial charge in [0.2, 0.25) is 5.89 Å². The third-order valence-corrected chi connectivity index (χ3v) is 6.32. The summed E-state index contributed by atoms with van der Waals surface area (Å²) in [5, 5.41) is 0. The number of nitrogens with zero attached hydrogens (tertiary/aromatic N) is 2. The fourth-order valence-electron chi connectivity index (χ4n) is 4.39. The number of rotatable bonds is 11. The lowest BCUT2D eigenvalue weighted by molar-refractivity contribution is -0.905. The number of quaternary nitrogens is 1. The van der Waals surface area contributed by atoms with Crippen molar-refractivity contribution in [3.05, 3.63) is 89.6 Å². The zero-order chi connectivity index (χ0) is 22.9. The monoisotopic (exact) mass is 528 g/mol. The molecule has 0 spiro atoms. The molecule has 184 valence electrons. The molecule has 0 unspecified atom stereocenters. The minimum Gasteiger partial charge on any atom is -1.00 e. The summed E-state index contributed by atoms with van der Waals surface area (Å²) < 4.78 is 19.5. The molecule has 1 aliphatic rings. The standard InChI is InChI=1S/C28H37N2O3.BrH/c1-30(2,18-19-31-22-23-12-6-3-7-13-23)21-26-20-29-28(33-26)27(24-14-8-4-9-15-24)32-25-16-10-5-11-17-25;/h3-4,6-9,12-15,20,25,27H,5,10-11,16-19,21-22H2,1-2H3;1H/q+1;/p-1/t27-;/m1./s1. The van der Waals surface area contributed by atoms with Gasteiger partial charge in [-0.25, -0.2) is 4.98 Å². The van der Waals surface area contributed by atoms with Gasteiger partial charge < -0.3 is 35.4 Å². The highest BCUT2D eigenvalue weighted by molar-refractivity contribution is 5.22. The maximum Gasteiger partial charge on any atom is 0.228 e. The molecular formula is C28H37BrN2O3. The second-order valence-corrected chi connectivity index (χ2v) is 9.71. The highest BCUT2D eigenvalue weighted by Crippen LogP contribution is 2.32. The second kappa shape index (κ2) is 13.2. The molecule has 0 bridgehead atoms. The van der Waals surface area contributed by atoms with Crippen molar-refractivity contribution in [2.75, 3.05) is 27.2 Å². The van der Waals surface area contributed by atoms with E-state index in [0.29, 0.717) is 19.1 Å². The summed E-state index contributed by atoms with van der Waals surface area (Å²) in [4.78, 5) is 4.65. The maximum absolute atomic E-state index is 6.55. The summed E-state index contributed by atoms with van der Waals surface area (Å²) in [5.74, 6) is 1.54. The van der Waals surface area contributed by atoms with E-state index in [0.717, 1.165) is 41.7 Å². The molecule has 1 heterocycles. The van der Waals surface area contributed by atoms with Crippen LogP contribution in [0.3, 0.4) is 0 Å². The van der Waals surface area contributed by atoms with E-state index < -0.39 is 0 Å².